The van der Waals surface area contributed by atoms with E-state index in [4.69, 9.17) is 27.4 Å². The van der Waals surface area contributed by atoms with Gasteiger partial charge in [-0.15, -0.1) is 0 Å². The number of carbonyl (C=O) groups is 2. The summed E-state index contributed by atoms with van der Waals surface area (Å²) in [5.41, 5.74) is 6.94. The number of ether oxygens (including phenoxy) is 2. The summed E-state index contributed by atoms with van der Waals surface area (Å²) in [5, 5.41) is 7.94. The van der Waals surface area contributed by atoms with Crippen LogP contribution in [0.5, 0.6) is 6.01 Å². The van der Waals surface area contributed by atoms with Crippen molar-refractivity contribution >= 4 is 33.9 Å². The van der Waals surface area contributed by atoms with Crippen LogP contribution in [0.3, 0.4) is 0 Å². The van der Waals surface area contributed by atoms with E-state index in [1.165, 1.54) is 17.6 Å². The van der Waals surface area contributed by atoms with Crippen molar-refractivity contribution in [1.29, 1.82) is 0 Å². The fourth-order valence-corrected chi connectivity index (χ4v) is 8.85. The minimum atomic E-state index is -1.03. The average molecular weight is 979 g/mol. The van der Waals surface area contributed by atoms with Gasteiger partial charge in [-0.25, -0.2) is 24.0 Å². The van der Waals surface area contributed by atoms with Crippen LogP contribution in [0.1, 0.15) is 50.3 Å². The minimum absolute atomic E-state index is 0.0488. The average Bonchev–Trinajstić information content (AvgIpc) is 4.24. The molecule has 73 heavy (non-hydrogen) atoms. The van der Waals surface area contributed by atoms with Gasteiger partial charge in [-0.1, -0.05) is 120 Å². The first kappa shape index (κ1) is 45.3. The highest BCUT2D eigenvalue weighted by Crippen LogP contribution is 2.34. The first-order valence-electron chi connectivity index (χ1n) is 22.7. The maximum absolute atomic E-state index is 14.7. The molecule has 0 saturated carbocycles. The zero-order valence-corrected chi connectivity index (χ0v) is 38.6. The highest BCUT2D eigenvalue weighted by Gasteiger charge is 2.27. The maximum atomic E-state index is 14.7. The number of hydrogen-bond donors (Lipinski definition) is 2. The second kappa shape index (κ2) is 18.7. The maximum Gasteiger partial charge on any atom is 0.519 e. The number of para-hydroxylation sites is 2. The van der Waals surface area contributed by atoms with Crippen LogP contribution >= 0.6 is 0 Å². The van der Waals surface area contributed by atoms with Gasteiger partial charge in [0.1, 0.15) is 0 Å². The lowest BCUT2D eigenvalue weighted by Crippen LogP contribution is -2.26. The number of carbonyl (C=O) groups excluding carboxylic acids is 2. The van der Waals surface area contributed by atoms with Crippen LogP contribution in [0, 0.1) is 6.92 Å². The number of nitrogens with one attached hydrogen (secondary N) is 2. The Morgan fingerprint density at radius 1 is 0.644 bits per heavy atom. The standard InChI is InChI=1S/C53H38N8O12/c1-3-68-50-55-41-17-9-15-39(48(63)69-28-42-29(2)70-53(67)71-42)44(41)60(50)27-31-20-24-33(25-21-31)35-11-5-7-13-37(35)46-58-73-52(66)61(46)47(62)38-14-8-16-40-43(38)59(49(64)54-40)26-30-18-22-32(23-19-30)34-10-4-6-12-36(34)45-56-51(65)72-57-45/h4-25H,3,26-28H2,1-2H3,(H,54,64)(H,56,57,65). The van der Waals surface area contributed by atoms with Gasteiger partial charge >= 0.3 is 29.0 Å². The fourth-order valence-electron chi connectivity index (χ4n) is 8.85. The Morgan fingerprint density at radius 3 is 1.95 bits per heavy atom. The van der Waals surface area contributed by atoms with Gasteiger partial charge in [0.25, 0.3) is 11.9 Å². The summed E-state index contributed by atoms with van der Waals surface area (Å²) in [6.45, 7) is 3.64. The molecule has 362 valence electrons. The smallest absolute Gasteiger partial charge is 0.465 e. The summed E-state index contributed by atoms with van der Waals surface area (Å²) in [5.74, 6) is -3.52. The molecule has 0 atom stereocenters. The quantitative estimate of drug-likeness (QED) is 0.0996. The lowest BCUT2D eigenvalue weighted by Gasteiger charge is -2.13. The number of benzene rings is 6. The van der Waals surface area contributed by atoms with Crippen molar-refractivity contribution in [2.24, 2.45) is 0 Å². The van der Waals surface area contributed by atoms with Crippen LogP contribution in [0.4, 0.5) is 0 Å². The van der Waals surface area contributed by atoms with E-state index in [2.05, 4.69) is 25.3 Å². The number of fused-ring (bicyclic) bond motifs is 2. The number of nitrogens with zero attached hydrogens (tertiary/aromatic N) is 6. The van der Waals surface area contributed by atoms with Gasteiger partial charge in [-0.05, 0) is 71.5 Å². The number of aryl methyl sites for hydroxylation is 1. The lowest BCUT2D eigenvalue weighted by atomic mass is 9.98. The highest BCUT2D eigenvalue weighted by molar-refractivity contribution is 6.07. The van der Waals surface area contributed by atoms with E-state index in [1.54, 1.807) is 47.0 Å². The van der Waals surface area contributed by atoms with Gasteiger partial charge < -0.3 is 23.3 Å². The summed E-state index contributed by atoms with van der Waals surface area (Å²) >= 11 is 0. The first-order valence-corrected chi connectivity index (χ1v) is 22.7. The van der Waals surface area contributed by atoms with Crippen molar-refractivity contribution in [3.8, 4) is 51.0 Å². The van der Waals surface area contributed by atoms with Crippen LogP contribution in [-0.2, 0) is 24.4 Å². The molecular weight excluding hydrogens is 941 g/mol. The lowest BCUT2D eigenvalue weighted by molar-refractivity contribution is 0.0444. The van der Waals surface area contributed by atoms with E-state index in [-0.39, 0.29) is 65.5 Å². The second-order valence-corrected chi connectivity index (χ2v) is 16.7. The Balaban J connectivity index is 0.880. The van der Waals surface area contributed by atoms with Gasteiger partial charge in [-0.2, -0.15) is 9.55 Å². The van der Waals surface area contributed by atoms with Crippen molar-refractivity contribution in [2.75, 3.05) is 6.61 Å². The minimum Gasteiger partial charge on any atom is -0.465 e. The van der Waals surface area contributed by atoms with E-state index in [0.29, 0.717) is 45.4 Å². The van der Waals surface area contributed by atoms with Crippen LogP contribution in [0.15, 0.2) is 171 Å². The van der Waals surface area contributed by atoms with Crippen molar-refractivity contribution in [2.45, 2.75) is 33.5 Å². The van der Waals surface area contributed by atoms with E-state index < -0.39 is 34.9 Å². The number of esters is 1. The van der Waals surface area contributed by atoms with E-state index >= 15 is 0 Å². The van der Waals surface area contributed by atoms with Gasteiger partial charge in [-0.3, -0.25) is 28.0 Å². The summed E-state index contributed by atoms with van der Waals surface area (Å²) in [6, 6.07) is 39.6. The Kier molecular flexibility index (Phi) is 11.6. The molecule has 0 aliphatic carbocycles. The molecule has 0 bridgehead atoms. The van der Waals surface area contributed by atoms with Gasteiger partial charge in [0.05, 0.1) is 52.9 Å². The topological polar surface area (TPSA) is 258 Å². The molecule has 5 aromatic heterocycles. The zero-order chi connectivity index (χ0) is 50.3. The Labute approximate surface area is 409 Å². The molecule has 20 heteroatoms. The van der Waals surface area contributed by atoms with Crippen LogP contribution in [0.25, 0.3) is 67.1 Å². The van der Waals surface area contributed by atoms with Crippen LogP contribution in [-0.4, -0.2) is 57.4 Å². The molecule has 0 saturated heterocycles. The van der Waals surface area contributed by atoms with E-state index in [0.717, 1.165) is 26.8 Å². The molecule has 0 unspecified atom stereocenters. The third kappa shape index (κ3) is 8.47. The molecule has 11 rings (SSSR count). The molecular formula is C53H38N8O12. The molecule has 0 spiro atoms. The predicted molar refractivity (Wildman–Crippen MR) is 262 cm³/mol. The highest BCUT2D eigenvalue weighted by atomic mass is 16.6. The van der Waals surface area contributed by atoms with E-state index in [9.17, 15) is 28.8 Å². The van der Waals surface area contributed by atoms with Crippen molar-refractivity contribution in [3.05, 3.63) is 209 Å². The van der Waals surface area contributed by atoms with Crippen molar-refractivity contribution < 1.29 is 36.9 Å². The van der Waals surface area contributed by atoms with Gasteiger partial charge in [0.2, 0.25) is 0 Å². The first-order chi connectivity index (χ1) is 35.5. The number of rotatable bonds is 14. The molecule has 0 fully saturated rings. The normalized spacial score (nSPS) is 11.4. The zero-order valence-electron chi connectivity index (χ0n) is 38.6. The number of imidazole rings is 2. The second-order valence-electron chi connectivity index (χ2n) is 16.7. The molecule has 5 heterocycles. The molecule has 20 nitrogen and oxygen atoms in total. The number of aromatic amines is 2. The summed E-state index contributed by atoms with van der Waals surface area (Å²) in [7, 11) is 0. The summed E-state index contributed by atoms with van der Waals surface area (Å²) < 4.78 is 35.3. The molecule has 6 aromatic carbocycles. The monoisotopic (exact) mass is 978 g/mol. The predicted octanol–water partition coefficient (Wildman–Crippen LogP) is 7.57. The third-order valence-electron chi connectivity index (χ3n) is 12.2. The van der Waals surface area contributed by atoms with E-state index in [1.807, 2.05) is 91.9 Å². The fraction of sp³-hybridized carbons (Fsp3) is 0.113. The molecule has 0 amide bonds. The molecule has 11 aromatic rings. The van der Waals surface area contributed by atoms with Crippen molar-refractivity contribution in [3.63, 3.8) is 0 Å². The number of aromatic nitrogens is 8. The van der Waals surface area contributed by atoms with Gasteiger partial charge in [0, 0.05) is 11.1 Å². The van der Waals surface area contributed by atoms with Crippen molar-refractivity contribution in [1.82, 2.24) is 39.0 Å². The third-order valence-corrected chi connectivity index (χ3v) is 12.2. The number of hydrogen-bond acceptors (Lipinski definition) is 15. The Bertz CT molecular complexity index is 4160. The Hall–Kier alpha value is -10.1. The van der Waals surface area contributed by atoms with Gasteiger partial charge in [0.15, 0.2) is 29.8 Å². The summed E-state index contributed by atoms with van der Waals surface area (Å²) in [6.07, 6.45) is 0. The van der Waals surface area contributed by atoms with Crippen LogP contribution < -0.4 is 27.8 Å². The Morgan fingerprint density at radius 2 is 1.29 bits per heavy atom. The number of H-pyrrole nitrogens is 2. The molecule has 0 radical (unpaired) electrons. The van der Waals surface area contributed by atoms with Crippen LogP contribution in [0.2, 0.25) is 0 Å². The summed E-state index contributed by atoms with van der Waals surface area (Å²) in [4.78, 5) is 88.7. The largest absolute Gasteiger partial charge is 0.519 e. The molecule has 2 N–H and O–H groups in total. The molecule has 0 aliphatic rings. The SMILES string of the molecule is CCOc1nc2cccc(C(=O)OCc3oc(=O)oc3C)c2n1Cc1ccc(-c2ccccc2-c2noc(=O)n2C(=O)c2cccc3[nH]c(=O)n(Cc4ccc(-c5ccccc5-c5noc(=O)[nH]5)cc4)c23)cc1. The molecule has 0 aliphatic heterocycles.